The molecule has 2 rings (SSSR count). The number of phenols is 1. The van der Waals surface area contributed by atoms with Crippen molar-refractivity contribution in [3.05, 3.63) is 23.9 Å². The summed E-state index contributed by atoms with van der Waals surface area (Å²) in [5.74, 6) is -1.14. The molecule has 84 valence electrons. The summed E-state index contributed by atoms with van der Waals surface area (Å²) in [6.07, 6.45) is 0.399. The molecule has 0 saturated heterocycles. The molecular formula is C11H12N2O3. The number of H-pyrrole nitrogens is 1. The molecule has 0 bridgehead atoms. The SMILES string of the molecule is CC(Cc1[nH]nc2cc(O)ccc12)C(=O)O. The summed E-state index contributed by atoms with van der Waals surface area (Å²) in [5.41, 5.74) is 1.43. The summed E-state index contributed by atoms with van der Waals surface area (Å²) in [6, 6.07) is 4.84. The van der Waals surface area contributed by atoms with Gasteiger partial charge in [0.15, 0.2) is 0 Å². The fourth-order valence-corrected chi connectivity index (χ4v) is 1.60. The Balaban J connectivity index is 2.35. The van der Waals surface area contributed by atoms with Crippen LogP contribution in [0, 0.1) is 5.92 Å². The predicted molar refractivity (Wildman–Crippen MR) is 58.3 cm³/mol. The lowest BCUT2D eigenvalue weighted by Gasteiger charge is -2.03. The largest absolute Gasteiger partial charge is 0.508 e. The Morgan fingerprint density at radius 3 is 3.00 bits per heavy atom. The van der Waals surface area contributed by atoms with Crippen molar-refractivity contribution in [3.63, 3.8) is 0 Å². The standard InChI is InChI=1S/C11H12N2O3/c1-6(11(15)16)4-9-8-3-2-7(14)5-10(8)13-12-9/h2-3,5-6,14H,4H2,1H3,(H,12,13)(H,15,16). The number of phenolic OH excluding ortho intramolecular Hbond substituents is 1. The third kappa shape index (κ3) is 1.84. The second-order valence-corrected chi connectivity index (χ2v) is 3.85. The van der Waals surface area contributed by atoms with Gasteiger partial charge in [-0.15, -0.1) is 0 Å². The maximum Gasteiger partial charge on any atom is 0.306 e. The molecule has 2 aromatic rings. The molecule has 1 aromatic carbocycles. The summed E-state index contributed by atoms with van der Waals surface area (Å²) in [7, 11) is 0. The predicted octanol–water partition coefficient (Wildman–Crippen LogP) is 1.53. The normalized spacial score (nSPS) is 12.8. The van der Waals surface area contributed by atoms with Crippen LogP contribution in [0.2, 0.25) is 0 Å². The Morgan fingerprint density at radius 2 is 2.31 bits per heavy atom. The highest BCUT2D eigenvalue weighted by Gasteiger charge is 2.15. The van der Waals surface area contributed by atoms with Crippen molar-refractivity contribution in [2.24, 2.45) is 5.92 Å². The number of fused-ring (bicyclic) bond motifs is 1. The highest BCUT2D eigenvalue weighted by Crippen LogP contribution is 2.22. The highest BCUT2D eigenvalue weighted by atomic mass is 16.4. The van der Waals surface area contributed by atoms with Crippen LogP contribution in [0.1, 0.15) is 12.6 Å². The maximum atomic E-state index is 10.7. The number of rotatable bonds is 3. The number of aromatic hydroxyl groups is 1. The number of nitrogens with one attached hydrogen (secondary N) is 1. The Morgan fingerprint density at radius 1 is 1.56 bits per heavy atom. The van der Waals surface area contributed by atoms with Crippen LogP contribution in [0.3, 0.4) is 0 Å². The lowest BCUT2D eigenvalue weighted by molar-refractivity contribution is -0.141. The first-order valence-corrected chi connectivity index (χ1v) is 4.96. The minimum Gasteiger partial charge on any atom is -0.508 e. The van der Waals surface area contributed by atoms with Gasteiger partial charge in [-0.2, -0.15) is 5.10 Å². The van der Waals surface area contributed by atoms with E-state index in [9.17, 15) is 9.90 Å². The van der Waals surface area contributed by atoms with Crippen molar-refractivity contribution >= 4 is 16.9 Å². The van der Waals surface area contributed by atoms with Gasteiger partial charge in [0.05, 0.1) is 11.4 Å². The lowest BCUT2D eigenvalue weighted by atomic mass is 10.0. The fraction of sp³-hybridized carbons (Fsp3) is 0.273. The van der Waals surface area contributed by atoms with E-state index < -0.39 is 11.9 Å². The van der Waals surface area contributed by atoms with E-state index in [-0.39, 0.29) is 5.75 Å². The molecule has 3 N–H and O–H groups in total. The van der Waals surface area contributed by atoms with E-state index in [2.05, 4.69) is 10.2 Å². The smallest absolute Gasteiger partial charge is 0.306 e. The molecule has 0 fully saturated rings. The molecule has 0 spiro atoms. The van der Waals surface area contributed by atoms with Gasteiger partial charge in [0, 0.05) is 23.6 Å². The van der Waals surface area contributed by atoms with Crippen molar-refractivity contribution < 1.29 is 15.0 Å². The first-order valence-electron chi connectivity index (χ1n) is 4.96. The van der Waals surface area contributed by atoms with Crippen LogP contribution in [-0.2, 0) is 11.2 Å². The quantitative estimate of drug-likeness (QED) is 0.732. The summed E-state index contributed by atoms with van der Waals surface area (Å²) < 4.78 is 0. The highest BCUT2D eigenvalue weighted by molar-refractivity contribution is 5.83. The molecular weight excluding hydrogens is 208 g/mol. The number of carboxylic acid groups (broad SMARTS) is 1. The number of carboxylic acids is 1. The van der Waals surface area contributed by atoms with Crippen LogP contribution in [0.4, 0.5) is 0 Å². The molecule has 0 saturated carbocycles. The molecule has 1 atom stereocenters. The fourth-order valence-electron chi connectivity index (χ4n) is 1.60. The lowest BCUT2D eigenvalue weighted by Crippen LogP contribution is -2.12. The first kappa shape index (κ1) is 10.5. The maximum absolute atomic E-state index is 10.7. The van der Waals surface area contributed by atoms with Crippen LogP contribution >= 0.6 is 0 Å². The topological polar surface area (TPSA) is 86.2 Å². The van der Waals surface area contributed by atoms with Crippen molar-refractivity contribution in [1.82, 2.24) is 10.2 Å². The molecule has 1 aromatic heterocycles. The van der Waals surface area contributed by atoms with E-state index in [1.807, 2.05) is 0 Å². The van der Waals surface area contributed by atoms with Gasteiger partial charge in [-0.3, -0.25) is 9.89 Å². The zero-order chi connectivity index (χ0) is 11.7. The van der Waals surface area contributed by atoms with Crippen LogP contribution in [0.5, 0.6) is 5.75 Å². The van der Waals surface area contributed by atoms with Crippen molar-refractivity contribution in [1.29, 1.82) is 0 Å². The molecule has 16 heavy (non-hydrogen) atoms. The third-order valence-corrected chi connectivity index (χ3v) is 2.55. The Kier molecular flexibility index (Phi) is 2.52. The second kappa shape index (κ2) is 3.84. The van der Waals surface area contributed by atoms with Gasteiger partial charge in [-0.25, -0.2) is 0 Å². The number of nitrogens with zero attached hydrogens (tertiary/aromatic N) is 1. The van der Waals surface area contributed by atoms with E-state index in [1.165, 1.54) is 0 Å². The Labute approximate surface area is 91.7 Å². The average Bonchev–Trinajstić information content (AvgIpc) is 2.60. The van der Waals surface area contributed by atoms with Gasteiger partial charge in [0.2, 0.25) is 0 Å². The van der Waals surface area contributed by atoms with Gasteiger partial charge in [0.1, 0.15) is 5.75 Å². The van der Waals surface area contributed by atoms with Gasteiger partial charge in [-0.1, -0.05) is 6.92 Å². The Hall–Kier alpha value is -2.04. The molecule has 1 unspecified atom stereocenters. The van der Waals surface area contributed by atoms with Crippen molar-refractivity contribution in [3.8, 4) is 5.75 Å². The first-order chi connectivity index (χ1) is 7.58. The van der Waals surface area contributed by atoms with Crippen molar-refractivity contribution in [2.45, 2.75) is 13.3 Å². The molecule has 0 aliphatic heterocycles. The average molecular weight is 220 g/mol. The van der Waals surface area contributed by atoms with Gasteiger partial charge < -0.3 is 10.2 Å². The van der Waals surface area contributed by atoms with Gasteiger partial charge >= 0.3 is 5.97 Å². The monoisotopic (exact) mass is 220 g/mol. The van der Waals surface area contributed by atoms with Crippen LogP contribution in [0.25, 0.3) is 10.9 Å². The summed E-state index contributed by atoms with van der Waals surface area (Å²) in [6.45, 7) is 1.65. The number of benzene rings is 1. The van der Waals surface area contributed by atoms with Gasteiger partial charge in [0.25, 0.3) is 0 Å². The molecule has 0 radical (unpaired) electrons. The summed E-state index contributed by atoms with van der Waals surface area (Å²) >= 11 is 0. The number of aliphatic carboxylic acids is 1. The van der Waals surface area contributed by atoms with Crippen LogP contribution in [0.15, 0.2) is 18.2 Å². The van der Waals surface area contributed by atoms with E-state index >= 15 is 0 Å². The minimum absolute atomic E-state index is 0.150. The number of carbonyl (C=O) groups is 1. The summed E-state index contributed by atoms with van der Waals surface area (Å²) in [5, 5.41) is 25.8. The van der Waals surface area contributed by atoms with E-state index in [1.54, 1.807) is 25.1 Å². The second-order valence-electron chi connectivity index (χ2n) is 3.85. The van der Waals surface area contributed by atoms with Crippen molar-refractivity contribution in [2.75, 3.05) is 0 Å². The molecule has 0 amide bonds. The summed E-state index contributed by atoms with van der Waals surface area (Å²) in [4.78, 5) is 10.7. The van der Waals surface area contributed by atoms with Crippen LogP contribution in [-0.4, -0.2) is 26.4 Å². The van der Waals surface area contributed by atoms with Crippen LogP contribution < -0.4 is 0 Å². The van der Waals surface area contributed by atoms with Gasteiger partial charge in [-0.05, 0) is 12.1 Å². The zero-order valence-corrected chi connectivity index (χ0v) is 8.77. The molecule has 1 heterocycles. The minimum atomic E-state index is -0.832. The van der Waals surface area contributed by atoms with E-state index in [4.69, 9.17) is 5.11 Å². The number of hydrogen-bond donors (Lipinski definition) is 3. The number of aromatic nitrogens is 2. The zero-order valence-electron chi connectivity index (χ0n) is 8.77. The molecule has 5 nitrogen and oxygen atoms in total. The molecule has 0 aliphatic rings. The molecule has 0 aliphatic carbocycles. The molecule has 5 heteroatoms. The number of aromatic amines is 1. The van der Waals surface area contributed by atoms with E-state index in [0.717, 1.165) is 11.1 Å². The van der Waals surface area contributed by atoms with E-state index in [0.29, 0.717) is 11.9 Å². The Bertz CT molecular complexity index is 533. The third-order valence-electron chi connectivity index (χ3n) is 2.55. The number of hydrogen-bond acceptors (Lipinski definition) is 3.